The number of carbonyl (C=O) groups excluding carboxylic acids is 2. The molecule has 6 heteroatoms. The van der Waals surface area contributed by atoms with Crippen molar-refractivity contribution in [1.29, 1.82) is 0 Å². The standard InChI is InChI=1S/C22H27N3O2.ClH/c26-21(24-14-12-17-11-13-23-16-17)15-20(18-7-3-1-4-8-18)25-22(27)19-9-5-2-6-10-19;/h1-10,17,20,23H,11-16H2,(H,24,26)(H,25,27);1H. The number of nitrogens with one attached hydrogen (secondary N) is 3. The van der Waals surface area contributed by atoms with Crippen LogP contribution in [0, 0.1) is 5.92 Å². The summed E-state index contributed by atoms with van der Waals surface area (Å²) >= 11 is 0. The summed E-state index contributed by atoms with van der Waals surface area (Å²) in [6, 6.07) is 18.4. The first kappa shape index (κ1) is 21.9. The number of rotatable bonds is 8. The maximum absolute atomic E-state index is 12.5. The van der Waals surface area contributed by atoms with Crippen LogP contribution in [0.4, 0.5) is 0 Å². The van der Waals surface area contributed by atoms with Crippen molar-refractivity contribution in [2.24, 2.45) is 5.92 Å². The Balaban J connectivity index is 0.00000280. The Morgan fingerprint density at radius 3 is 2.36 bits per heavy atom. The predicted octanol–water partition coefficient (Wildman–Crippen LogP) is 3.09. The van der Waals surface area contributed by atoms with E-state index < -0.39 is 0 Å². The van der Waals surface area contributed by atoms with E-state index in [1.807, 2.05) is 48.5 Å². The van der Waals surface area contributed by atoms with Crippen LogP contribution < -0.4 is 16.0 Å². The van der Waals surface area contributed by atoms with Crippen molar-refractivity contribution < 1.29 is 9.59 Å². The highest BCUT2D eigenvalue weighted by molar-refractivity contribution is 5.94. The molecule has 1 heterocycles. The van der Waals surface area contributed by atoms with Gasteiger partial charge >= 0.3 is 0 Å². The molecule has 1 saturated heterocycles. The van der Waals surface area contributed by atoms with Gasteiger partial charge in [0.1, 0.15) is 0 Å². The van der Waals surface area contributed by atoms with Crippen molar-refractivity contribution in [3.63, 3.8) is 0 Å². The second-order valence-electron chi connectivity index (χ2n) is 7.00. The first-order valence-electron chi connectivity index (χ1n) is 9.60. The molecule has 150 valence electrons. The Morgan fingerprint density at radius 2 is 1.71 bits per heavy atom. The highest BCUT2D eigenvalue weighted by Crippen LogP contribution is 2.18. The van der Waals surface area contributed by atoms with Crippen LogP contribution in [0.2, 0.25) is 0 Å². The number of amides is 2. The SMILES string of the molecule is Cl.O=C(CC(NC(=O)c1ccccc1)c1ccccc1)NCCC1CCNC1. The maximum Gasteiger partial charge on any atom is 0.251 e. The number of hydrogen-bond donors (Lipinski definition) is 3. The summed E-state index contributed by atoms with van der Waals surface area (Å²) in [6.45, 7) is 2.79. The van der Waals surface area contributed by atoms with Gasteiger partial charge in [0, 0.05) is 12.1 Å². The van der Waals surface area contributed by atoms with Gasteiger partial charge in [-0.25, -0.2) is 0 Å². The molecule has 1 aliphatic rings. The Kier molecular flexibility index (Phi) is 8.98. The molecule has 1 aliphatic heterocycles. The number of hydrogen-bond acceptors (Lipinski definition) is 3. The summed E-state index contributed by atoms with van der Waals surface area (Å²) in [5, 5.41) is 9.35. The molecule has 1 fully saturated rings. The number of carbonyl (C=O) groups is 2. The first-order chi connectivity index (χ1) is 13.2. The van der Waals surface area contributed by atoms with Crippen LogP contribution in [0.5, 0.6) is 0 Å². The van der Waals surface area contributed by atoms with Gasteiger partial charge in [-0.1, -0.05) is 48.5 Å². The lowest BCUT2D eigenvalue weighted by Gasteiger charge is -2.19. The minimum atomic E-state index is -0.355. The van der Waals surface area contributed by atoms with Gasteiger partial charge in [-0.05, 0) is 49.5 Å². The minimum Gasteiger partial charge on any atom is -0.356 e. The summed E-state index contributed by atoms with van der Waals surface area (Å²) in [5.74, 6) is 0.436. The molecule has 28 heavy (non-hydrogen) atoms. The van der Waals surface area contributed by atoms with Gasteiger partial charge < -0.3 is 16.0 Å². The second kappa shape index (κ2) is 11.5. The molecule has 2 atom stereocenters. The quantitative estimate of drug-likeness (QED) is 0.636. The lowest BCUT2D eigenvalue weighted by atomic mass is 10.0. The van der Waals surface area contributed by atoms with E-state index >= 15 is 0 Å². The lowest BCUT2D eigenvalue weighted by molar-refractivity contribution is -0.121. The van der Waals surface area contributed by atoms with Crippen molar-refractivity contribution in [3.05, 3.63) is 71.8 Å². The molecule has 0 saturated carbocycles. The van der Waals surface area contributed by atoms with Gasteiger partial charge in [-0.2, -0.15) is 0 Å². The molecule has 0 bridgehead atoms. The van der Waals surface area contributed by atoms with Crippen molar-refractivity contribution in [2.45, 2.75) is 25.3 Å². The normalized spacial score (nSPS) is 16.6. The molecule has 2 amide bonds. The van der Waals surface area contributed by atoms with E-state index in [1.165, 1.54) is 6.42 Å². The molecule has 5 nitrogen and oxygen atoms in total. The fraction of sp³-hybridized carbons (Fsp3) is 0.364. The van der Waals surface area contributed by atoms with Crippen LogP contribution in [0.3, 0.4) is 0 Å². The summed E-state index contributed by atoms with van der Waals surface area (Å²) < 4.78 is 0. The smallest absolute Gasteiger partial charge is 0.251 e. The molecule has 0 aliphatic carbocycles. The van der Waals surface area contributed by atoms with Crippen LogP contribution in [-0.2, 0) is 4.79 Å². The van der Waals surface area contributed by atoms with Gasteiger partial charge in [0.15, 0.2) is 0 Å². The molecule has 0 radical (unpaired) electrons. The van der Waals surface area contributed by atoms with E-state index in [0.717, 1.165) is 25.1 Å². The van der Waals surface area contributed by atoms with Crippen LogP contribution in [-0.4, -0.2) is 31.4 Å². The van der Waals surface area contributed by atoms with Crippen LogP contribution in [0.25, 0.3) is 0 Å². The Hall–Kier alpha value is -2.37. The topological polar surface area (TPSA) is 70.2 Å². The lowest BCUT2D eigenvalue weighted by Crippen LogP contribution is -2.34. The fourth-order valence-electron chi connectivity index (χ4n) is 3.40. The van der Waals surface area contributed by atoms with Gasteiger partial charge in [0.25, 0.3) is 5.91 Å². The van der Waals surface area contributed by atoms with Gasteiger partial charge in [-0.15, -0.1) is 12.4 Å². The summed E-state index contributed by atoms with van der Waals surface area (Å²) in [7, 11) is 0. The van der Waals surface area contributed by atoms with Crippen molar-refractivity contribution in [3.8, 4) is 0 Å². The van der Waals surface area contributed by atoms with Crippen molar-refractivity contribution >= 4 is 24.2 Å². The first-order valence-corrected chi connectivity index (χ1v) is 9.60. The van der Waals surface area contributed by atoms with Gasteiger partial charge in [-0.3, -0.25) is 9.59 Å². The second-order valence-corrected chi connectivity index (χ2v) is 7.00. The number of benzene rings is 2. The minimum absolute atomic E-state index is 0. The predicted molar refractivity (Wildman–Crippen MR) is 114 cm³/mol. The zero-order chi connectivity index (χ0) is 18.9. The van der Waals surface area contributed by atoms with Crippen molar-refractivity contribution in [1.82, 2.24) is 16.0 Å². The molecular weight excluding hydrogens is 374 g/mol. The third-order valence-corrected chi connectivity index (χ3v) is 4.97. The van der Waals surface area contributed by atoms with E-state index in [2.05, 4.69) is 16.0 Å². The summed E-state index contributed by atoms with van der Waals surface area (Å²) in [6.07, 6.45) is 2.40. The van der Waals surface area contributed by atoms with Crippen LogP contribution in [0.1, 0.15) is 41.2 Å². The molecule has 0 aromatic heterocycles. The molecular formula is C22H28ClN3O2. The zero-order valence-electron chi connectivity index (χ0n) is 15.9. The third kappa shape index (κ3) is 6.66. The monoisotopic (exact) mass is 401 g/mol. The molecule has 0 spiro atoms. The van der Waals surface area contributed by atoms with E-state index in [1.54, 1.807) is 12.1 Å². The average Bonchev–Trinajstić information content (AvgIpc) is 3.22. The van der Waals surface area contributed by atoms with Crippen LogP contribution >= 0.6 is 12.4 Å². The van der Waals surface area contributed by atoms with Crippen LogP contribution in [0.15, 0.2) is 60.7 Å². The van der Waals surface area contributed by atoms with E-state index in [4.69, 9.17) is 0 Å². The molecule has 2 aromatic carbocycles. The van der Waals surface area contributed by atoms with Gasteiger partial charge in [0.05, 0.1) is 12.5 Å². The Bertz CT molecular complexity index is 734. The maximum atomic E-state index is 12.5. The Labute approximate surface area is 172 Å². The molecule has 2 unspecified atom stereocenters. The zero-order valence-corrected chi connectivity index (χ0v) is 16.7. The fourth-order valence-corrected chi connectivity index (χ4v) is 3.40. The van der Waals surface area contributed by atoms with E-state index in [0.29, 0.717) is 18.0 Å². The summed E-state index contributed by atoms with van der Waals surface area (Å²) in [4.78, 5) is 25.0. The van der Waals surface area contributed by atoms with Crippen molar-refractivity contribution in [2.75, 3.05) is 19.6 Å². The third-order valence-electron chi connectivity index (χ3n) is 4.97. The highest BCUT2D eigenvalue weighted by Gasteiger charge is 2.20. The van der Waals surface area contributed by atoms with E-state index in [-0.39, 0.29) is 36.7 Å². The summed E-state index contributed by atoms with van der Waals surface area (Å²) in [5.41, 5.74) is 1.52. The van der Waals surface area contributed by atoms with E-state index in [9.17, 15) is 9.59 Å². The largest absolute Gasteiger partial charge is 0.356 e. The highest BCUT2D eigenvalue weighted by atomic mass is 35.5. The molecule has 3 rings (SSSR count). The average molecular weight is 402 g/mol. The van der Waals surface area contributed by atoms with Gasteiger partial charge in [0.2, 0.25) is 5.91 Å². The molecule has 3 N–H and O–H groups in total. The Morgan fingerprint density at radius 1 is 1.04 bits per heavy atom. The molecule has 2 aromatic rings. The number of halogens is 1.